The van der Waals surface area contributed by atoms with Gasteiger partial charge in [0.15, 0.2) is 0 Å². The molecule has 0 amide bonds. The second-order valence-corrected chi connectivity index (χ2v) is 2.77. The summed E-state index contributed by atoms with van der Waals surface area (Å²) in [6, 6.07) is 1.20. The molecule has 0 aliphatic rings. The molecule has 12 heavy (non-hydrogen) atoms. The van der Waals surface area contributed by atoms with E-state index in [4.69, 9.17) is 11.5 Å². The predicted octanol–water partition coefficient (Wildman–Crippen LogP) is 0.0444. The SMILES string of the molecule is C[C@H](O)[C@H](N)c1cnccc1N. The largest absolute Gasteiger partial charge is 0.398 e. The van der Waals surface area contributed by atoms with Crippen LogP contribution in [0.3, 0.4) is 0 Å². The van der Waals surface area contributed by atoms with E-state index in [0.717, 1.165) is 0 Å². The summed E-state index contributed by atoms with van der Waals surface area (Å²) in [5.74, 6) is 0. The van der Waals surface area contributed by atoms with Crippen LogP contribution in [0.2, 0.25) is 0 Å². The lowest BCUT2D eigenvalue weighted by atomic mass is 10.0. The van der Waals surface area contributed by atoms with Crippen molar-refractivity contribution in [2.24, 2.45) is 5.73 Å². The number of aliphatic hydroxyl groups excluding tert-OH is 1. The monoisotopic (exact) mass is 167 g/mol. The highest BCUT2D eigenvalue weighted by atomic mass is 16.3. The number of aliphatic hydroxyl groups is 1. The molecule has 1 rings (SSSR count). The first-order valence-electron chi connectivity index (χ1n) is 3.76. The Balaban J connectivity index is 2.94. The molecule has 1 aromatic rings. The molecule has 4 nitrogen and oxygen atoms in total. The lowest BCUT2D eigenvalue weighted by Crippen LogP contribution is -2.24. The van der Waals surface area contributed by atoms with E-state index >= 15 is 0 Å². The molecule has 0 bridgehead atoms. The molecular formula is C8H13N3O. The van der Waals surface area contributed by atoms with E-state index in [1.165, 1.54) is 0 Å². The van der Waals surface area contributed by atoms with Gasteiger partial charge in [-0.1, -0.05) is 0 Å². The van der Waals surface area contributed by atoms with Crippen molar-refractivity contribution in [3.63, 3.8) is 0 Å². The minimum atomic E-state index is -0.614. The number of nitrogen functional groups attached to an aromatic ring is 1. The molecule has 0 aromatic carbocycles. The summed E-state index contributed by atoms with van der Waals surface area (Å²) in [7, 11) is 0. The maximum absolute atomic E-state index is 9.19. The summed E-state index contributed by atoms with van der Waals surface area (Å²) < 4.78 is 0. The van der Waals surface area contributed by atoms with Gasteiger partial charge in [-0.3, -0.25) is 4.98 Å². The number of hydrogen-bond acceptors (Lipinski definition) is 4. The van der Waals surface area contributed by atoms with Crippen molar-refractivity contribution in [2.45, 2.75) is 19.1 Å². The van der Waals surface area contributed by atoms with Crippen molar-refractivity contribution >= 4 is 5.69 Å². The van der Waals surface area contributed by atoms with Gasteiger partial charge in [-0.25, -0.2) is 0 Å². The fourth-order valence-corrected chi connectivity index (χ4v) is 0.956. The predicted molar refractivity (Wildman–Crippen MR) is 47.3 cm³/mol. The number of nitrogens with zero attached hydrogens (tertiary/aromatic N) is 1. The lowest BCUT2D eigenvalue weighted by Gasteiger charge is -2.15. The van der Waals surface area contributed by atoms with Crippen molar-refractivity contribution in [1.29, 1.82) is 0 Å². The van der Waals surface area contributed by atoms with Gasteiger partial charge in [0.25, 0.3) is 0 Å². The topological polar surface area (TPSA) is 85.2 Å². The van der Waals surface area contributed by atoms with Crippen molar-refractivity contribution in [1.82, 2.24) is 4.98 Å². The van der Waals surface area contributed by atoms with Crippen molar-refractivity contribution in [2.75, 3.05) is 5.73 Å². The Hall–Kier alpha value is -1.13. The molecular weight excluding hydrogens is 154 g/mol. The number of anilines is 1. The van der Waals surface area contributed by atoms with Gasteiger partial charge in [0.2, 0.25) is 0 Å². The highest BCUT2D eigenvalue weighted by Gasteiger charge is 2.14. The van der Waals surface area contributed by atoms with Crippen LogP contribution in [0.5, 0.6) is 0 Å². The van der Waals surface area contributed by atoms with Gasteiger partial charge < -0.3 is 16.6 Å². The maximum atomic E-state index is 9.19. The zero-order chi connectivity index (χ0) is 9.14. The summed E-state index contributed by atoms with van der Waals surface area (Å²) in [5, 5.41) is 9.19. The van der Waals surface area contributed by atoms with E-state index in [1.54, 1.807) is 25.4 Å². The molecule has 1 heterocycles. The molecule has 2 atom stereocenters. The number of rotatable bonds is 2. The molecule has 0 radical (unpaired) electrons. The molecule has 0 fully saturated rings. The summed E-state index contributed by atoms with van der Waals surface area (Å²) in [5.41, 5.74) is 12.6. The van der Waals surface area contributed by atoms with Crippen molar-refractivity contribution < 1.29 is 5.11 Å². The van der Waals surface area contributed by atoms with Gasteiger partial charge in [0.05, 0.1) is 12.1 Å². The summed E-state index contributed by atoms with van der Waals surface area (Å²) in [4.78, 5) is 3.88. The zero-order valence-corrected chi connectivity index (χ0v) is 6.94. The van der Waals surface area contributed by atoms with Crippen LogP contribution in [0.25, 0.3) is 0 Å². The minimum Gasteiger partial charge on any atom is -0.398 e. The van der Waals surface area contributed by atoms with Crippen LogP contribution in [-0.4, -0.2) is 16.2 Å². The Morgan fingerprint density at radius 3 is 2.75 bits per heavy atom. The molecule has 4 heteroatoms. The molecule has 0 saturated carbocycles. The maximum Gasteiger partial charge on any atom is 0.0706 e. The molecule has 0 spiro atoms. The Morgan fingerprint density at radius 1 is 1.58 bits per heavy atom. The fourth-order valence-electron chi connectivity index (χ4n) is 0.956. The summed E-state index contributed by atoms with van der Waals surface area (Å²) >= 11 is 0. The normalized spacial score (nSPS) is 15.6. The average Bonchev–Trinajstić information content (AvgIpc) is 2.04. The standard InChI is InChI=1S/C8H13N3O/c1-5(12)8(10)6-4-11-3-2-7(6)9/h2-5,8,12H,10H2,1H3,(H2,9,11)/t5-,8-/m0/s1. The van der Waals surface area contributed by atoms with Crippen LogP contribution in [-0.2, 0) is 0 Å². The van der Waals surface area contributed by atoms with Gasteiger partial charge in [-0.15, -0.1) is 0 Å². The third kappa shape index (κ3) is 1.72. The smallest absolute Gasteiger partial charge is 0.0706 e. The Kier molecular flexibility index (Phi) is 2.62. The number of pyridine rings is 1. The number of nitrogens with two attached hydrogens (primary N) is 2. The molecule has 0 unspecified atom stereocenters. The molecule has 66 valence electrons. The third-order valence-corrected chi connectivity index (χ3v) is 1.77. The Labute approximate surface area is 71.2 Å². The van der Waals surface area contributed by atoms with Crippen molar-refractivity contribution in [3.8, 4) is 0 Å². The van der Waals surface area contributed by atoms with E-state index in [0.29, 0.717) is 11.3 Å². The highest BCUT2D eigenvalue weighted by Crippen LogP contribution is 2.18. The van der Waals surface area contributed by atoms with E-state index in [2.05, 4.69) is 4.98 Å². The molecule has 0 aliphatic carbocycles. The lowest BCUT2D eigenvalue weighted by molar-refractivity contribution is 0.164. The number of aromatic nitrogens is 1. The average molecular weight is 167 g/mol. The summed E-state index contributed by atoms with van der Waals surface area (Å²) in [6.45, 7) is 1.62. The third-order valence-electron chi connectivity index (χ3n) is 1.77. The van der Waals surface area contributed by atoms with Crippen LogP contribution in [0, 0.1) is 0 Å². The Morgan fingerprint density at radius 2 is 2.25 bits per heavy atom. The van der Waals surface area contributed by atoms with Gasteiger partial charge in [0, 0.05) is 23.6 Å². The van der Waals surface area contributed by atoms with Crippen LogP contribution in [0.15, 0.2) is 18.5 Å². The first-order valence-corrected chi connectivity index (χ1v) is 3.76. The zero-order valence-electron chi connectivity index (χ0n) is 6.94. The van der Waals surface area contributed by atoms with E-state index < -0.39 is 12.1 Å². The quantitative estimate of drug-likeness (QED) is 0.580. The second-order valence-electron chi connectivity index (χ2n) is 2.77. The first-order chi connectivity index (χ1) is 5.63. The van der Waals surface area contributed by atoms with Gasteiger partial charge >= 0.3 is 0 Å². The molecule has 1 aromatic heterocycles. The fraction of sp³-hybridized carbons (Fsp3) is 0.375. The van der Waals surface area contributed by atoms with Crippen LogP contribution in [0.4, 0.5) is 5.69 Å². The second kappa shape index (κ2) is 3.51. The van der Waals surface area contributed by atoms with Gasteiger partial charge in [-0.05, 0) is 13.0 Å². The van der Waals surface area contributed by atoms with Crippen LogP contribution < -0.4 is 11.5 Å². The summed E-state index contributed by atoms with van der Waals surface area (Å²) in [6.07, 6.45) is 2.55. The van der Waals surface area contributed by atoms with Crippen LogP contribution >= 0.6 is 0 Å². The highest BCUT2D eigenvalue weighted by molar-refractivity contribution is 5.46. The van der Waals surface area contributed by atoms with E-state index in [9.17, 15) is 5.11 Å². The van der Waals surface area contributed by atoms with Crippen LogP contribution in [0.1, 0.15) is 18.5 Å². The first kappa shape index (κ1) is 8.96. The molecule has 0 aliphatic heterocycles. The molecule has 0 saturated heterocycles. The Bertz CT molecular complexity index is 262. The van der Waals surface area contributed by atoms with Crippen molar-refractivity contribution in [3.05, 3.63) is 24.0 Å². The van der Waals surface area contributed by atoms with E-state index in [1.807, 2.05) is 0 Å². The molecule has 5 N–H and O–H groups in total. The van der Waals surface area contributed by atoms with Gasteiger partial charge in [0.1, 0.15) is 0 Å². The minimum absolute atomic E-state index is 0.460. The number of hydrogen-bond donors (Lipinski definition) is 3. The van der Waals surface area contributed by atoms with E-state index in [-0.39, 0.29) is 0 Å². The van der Waals surface area contributed by atoms with Gasteiger partial charge in [-0.2, -0.15) is 0 Å².